The minimum atomic E-state index is -3.48. The Morgan fingerprint density at radius 3 is 2.22 bits per heavy atom. The summed E-state index contributed by atoms with van der Waals surface area (Å²) in [5.74, 6) is 0. The molecular formula is C15H19ClN4O2S. The lowest BCUT2D eigenvalue weighted by atomic mass is 10.2. The van der Waals surface area contributed by atoms with Crippen LogP contribution in [0.15, 0.2) is 35.4 Å². The zero-order valence-electron chi connectivity index (χ0n) is 13.1. The Hall–Kier alpha value is -1.57. The van der Waals surface area contributed by atoms with Crippen LogP contribution in [0.3, 0.4) is 0 Å². The number of nitrogens with zero attached hydrogens (tertiary/aromatic N) is 4. The van der Waals surface area contributed by atoms with Crippen molar-refractivity contribution in [2.75, 3.05) is 31.1 Å². The summed E-state index contributed by atoms with van der Waals surface area (Å²) in [6.07, 6.45) is 1.43. The summed E-state index contributed by atoms with van der Waals surface area (Å²) in [6, 6.07) is 7.60. The second-order valence-corrected chi connectivity index (χ2v) is 7.93. The molecule has 0 radical (unpaired) electrons. The van der Waals surface area contributed by atoms with Crippen LogP contribution in [0.1, 0.15) is 5.69 Å². The third-order valence-corrected chi connectivity index (χ3v) is 6.49. The van der Waals surface area contributed by atoms with Crippen molar-refractivity contribution in [1.29, 1.82) is 0 Å². The van der Waals surface area contributed by atoms with Gasteiger partial charge in [0.25, 0.3) is 0 Å². The fourth-order valence-electron chi connectivity index (χ4n) is 2.71. The number of hydrogen-bond donors (Lipinski definition) is 0. The molecule has 0 spiro atoms. The van der Waals surface area contributed by atoms with E-state index >= 15 is 0 Å². The SMILES string of the molecule is Cc1c(S(=O)(=O)N2CCN(c3ccc(Cl)cc3)CC2)cnn1C. The van der Waals surface area contributed by atoms with Gasteiger partial charge < -0.3 is 4.90 Å². The van der Waals surface area contributed by atoms with Crippen molar-refractivity contribution in [1.82, 2.24) is 14.1 Å². The van der Waals surface area contributed by atoms with E-state index in [9.17, 15) is 8.42 Å². The highest BCUT2D eigenvalue weighted by Crippen LogP contribution is 2.23. The molecule has 0 saturated carbocycles. The number of hydrogen-bond acceptors (Lipinski definition) is 4. The average Bonchev–Trinajstić information content (AvgIpc) is 2.88. The van der Waals surface area contributed by atoms with Gasteiger partial charge in [0.05, 0.1) is 11.9 Å². The molecule has 2 aromatic rings. The van der Waals surface area contributed by atoms with Gasteiger partial charge in [0, 0.05) is 43.9 Å². The number of aromatic nitrogens is 2. The summed E-state index contributed by atoms with van der Waals surface area (Å²) >= 11 is 5.90. The Morgan fingerprint density at radius 2 is 1.70 bits per heavy atom. The van der Waals surface area contributed by atoms with Crippen LogP contribution in [0, 0.1) is 6.92 Å². The van der Waals surface area contributed by atoms with Crippen molar-refractivity contribution < 1.29 is 8.42 Å². The van der Waals surface area contributed by atoms with E-state index in [-0.39, 0.29) is 0 Å². The number of sulfonamides is 1. The van der Waals surface area contributed by atoms with Crippen molar-refractivity contribution in [2.45, 2.75) is 11.8 Å². The lowest BCUT2D eigenvalue weighted by Gasteiger charge is -2.35. The molecule has 6 nitrogen and oxygen atoms in total. The van der Waals surface area contributed by atoms with Gasteiger partial charge in [-0.15, -0.1) is 0 Å². The van der Waals surface area contributed by atoms with E-state index in [0.717, 1.165) is 5.69 Å². The van der Waals surface area contributed by atoms with Crippen molar-refractivity contribution in [3.63, 3.8) is 0 Å². The highest BCUT2D eigenvalue weighted by Gasteiger charge is 2.31. The number of benzene rings is 1. The van der Waals surface area contributed by atoms with Crippen LogP contribution in [-0.2, 0) is 17.1 Å². The molecule has 2 heterocycles. The number of aryl methyl sites for hydroxylation is 1. The molecule has 0 N–H and O–H groups in total. The smallest absolute Gasteiger partial charge is 0.246 e. The molecular weight excluding hydrogens is 336 g/mol. The van der Waals surface area contributed by atoms with E-state index in [1.807, 2.05) is 24.3 Å². The molecule has 0 aliphatic carbocycles. The normalized spacial score (nSPS) is 16.7. The maximum absolute atomic E-state index is 12.7. The fraction of sp³-hybridized carbons (Fsp3) is 0.400. The van der Waals surface area contributed by atoms with Crippen molar-refractivity contribution in [2.24, 2.45) is 7.05 Å². The minimum absolute atomic E-state index is 0.292. The van der Waals surface area contributed by atoms with Gasteiger partial charge >= 0.3 is 0 Å². The molecule has 3 rings (SSSR count). The highest BCUT2D eigenvalue weighted by molar-refractivity contribution is 7.89. The maximum atomic E-state index is 12.7. The first-order valence-corrected chi connectivity index (χ1v) is 9.20. The molecule has 124 valence electrons. The summed E-state index contributed by atoms with van der Waals surface area (Å²) in [4.78, 5) is 2.46. The molecule has 1 saturated heterocycles. The number of halogens is 1. The van der Waals surface area contributed by atoms with Crippen LogP contribution in [0.2, 0.25) is 5.02 Å². The zero-order valence-corrected chi connectivity index (χ0v) is 14.7. The standard InChI is InChI=1S/C15H19ClN4O2S/c1-12-15(11-17-18(12)2)23(21,22)20-9-7-19(8-10-20)14-5-3-13(16)4-6-14/h3-6,11H,7-10H2,1-2H3. The third kappa shape index (κ3) is 3.08. The maximum Gasteiger partial charge on any atom is 0.246 e. The summed E-state index contributed by atoms with van der Waals surface area (Å²) in [5, 5.41) is 4.73. The van der Waals surface area contributed by atoms with Crippen molar-refractivity contribution >= 4 is 27.3 Å². The molecule has 0 bridgehead atoms. The Balaban J connectivity index is 1.73. The molecule has 0 unspecified atom stereocenters. The summed E-state index contributed by atoms with van der Waals surface area (Å²) in [6.45, 7) is 3.99. The van der Waals surface area contributed by atoms with E-state index in [1.54, 1.807) is 18.7 Å². The highest BCUT2D eigenvalue weighted by atomic mass is 35.5. The monoisotopic (exact) mass is 354 g/mol. The van der Waals surface area contributed by atoms with Gasteiger partial charge in [-0.05, 0) is 31.2 Å². The van der Waals surface area contributed by atoms with Gasteiger partial charge in [0.1, 0.15) is 4.90 Å². The molecule has 0 atom stereocenters. The van der Waals surface area contributed by atoms with Crippen LogP contribution in [-0.4, -0.2) is 48.7 Å². The van der Waals surface area contributed by atoms with Crippen LogP contribution >= 0.6 is 11.6 Å². The first-order valence-electron chi connectivity index (χ1n) is 7.39. The Bertz CT molecular complexity index is 793. The van der Waals surface area contributed by atoms with Crippen LogP contribution < -0.4 is 4.90 Å². The second kappa shape index (κ2) is 6.14. The molecule has 1 aliphatic heterocycles. The van der Waals surface area contributed by atoms with E-state index in [4.69, 9.17) is 11.6 Å². The van der Waals surface area contributed by atoms with Gasteiger partial charge in [-0.1, -0.05) is 11.6 Å². The van der Waals surface area contributed by atoms with E-state index in [2.05, 4.69) is 10.00 Å². The first kappa shape index (κ1) is 16.3. The first-order chi connectivity index (χ1) is 10.9. The minimum Gasteiger partial charge on any atom is -0.369 e. The summed E-state index contributed by atoms with van der Waals surface area (Å²) < 4.78 is 28.6. The number of rotatable bonds is 3. The van der Waals surface area contributed by atoms with Crippen molar-refractivity contribution in [3.05, 3.63) is 41.2 Å². The van der Waals surface area contributed by atoms with Gasteiger partial charge in [-0.2, -0.15) is 9.40 Å². The zero-order chi connectivity index (χ0) is 16.6. The van der Waals surface area contributed by atoms with Crippen LogP contribution in [0.4, 0.5) is 5.69 Å². The van der Waals surface area contributed by atoms with Crippen molar-refractivity contribution in [3.8, 4) is 0 Å². The Kier molecular flexibility index (Phi) is 4.35. The second-order valence-electron chi connectivity index (χ2n) is 5.59. The van der Waals surface area contributed by atoms with Gasteiger partial charge in [0.15, 0.2) is 0 Å². The van der Waals surface area contributed by atoms with E-state index in [0.29, 0.717) is 41.8 Å². The quantitative estimate of drug-likeness (QED) is 0.844. The summed E-state index contributed by atoms with van der Waals surface area (Å²) in [5.41, 5.74) is 1.72. The Labute approximate surface area is 141 Å². The molecule has 0 amide bonds. The summed E-state index contributed by atoms with van der Waals surface area (Å²) in [7, 11) is -1.74. The van der Waals surface area contributed by atoms with Crippen LogP contribution in [0.25, 0.3) is 0 Å². The molecule has 8 heteroatoms. The van der Waals surface area contributed by atoms with Gasteiger partial charge in [-0.25, -0.2) is 8.42 Å². The molecule has 1 aliphatic rings. The largest absolute Gasteiger partial charge is 0.369 e. The van der Waals surface area contributed by atoms with Gasteiger partial charge in [-0.3, -0.25) is 4.68 Å². The molecule has 1 fully saturated rings. The molecule has 1 aromatic carbocycles. The lowest BCUT2D eigenvalue weighted by Crippen LogP contribution is -2.48. The molecule has 23 heavy (non-hydrogen) atoms. The van der Waals surface area contributed by atoms with E-state index in [1.165, 1.54) is 10.5 Å². The van der Waals surface area contributed by atoms with Gasteiger partial charge in [0.2, 0.25) is 10.0 Å². The topological polar surface area (TPSA) is 58.4 Å². The predicted octanol–water partition coefficient (Wildman–Crippen LogP) is 1.89. The molecule has 1 aromatic heterocycles. The van der Waals surface area contributed by atoms with E-state index < -0.39 is 10.0 Å². The lowest BCUT2D eigenvalue weighted by molar-refractivity contribution is 0.384. The number of piperazine rings is 1. The van der Waals surface area contributed by atoms with Crippen LogP contribution in [0.5, 0.6) is 0 Å². The Morgan fingerprint density at radius 1 is 1.09 bits per heavy atom. The number of anilines is 1. The average molecular weight is 355 g/mol. The fourth-order valence-corrected chi connectivity index (χ4v) is 4.44. The third-order valence-electron chi connectivity index (χ3n) is 4.24. The predicted molar refractivity (Wildman–Crippen MR) is 90.4 cm³/mol.